The first-order chi connectivity index (χ1) is 9.47. The summed E-state index contributed by atoms with van der Waals surface area (Å²) in [7, 11) is 2.89. The van der Waals surface area contributed by atoms with Crippen LogP contribution in [0.25, 0.3) is 0 Å². The van der Waals surface area contributed by atoms with Crippen LogP contribution in [0, 0.1) is 11.3 Å². The molecule has 0 aromatic rings. The number of carbonyl (C=O) groups excluding carboxylic acids is 3. The molecule has 7 heteroatoms. The zero-order valence-corrected chi connectivity index (χ0v) is 13.0. The number of carbonyl (C=O) groups is 3. The van der Waals surface area contributed by atoms with Gasteiger partial charge in [0.2, 0.25) is 0 Å². The number of ether oxygens (including phenoxy) is 1. The Morgan fingerprint density at radius 1 is 1.33 bits per heavy atom. The molecular weight excluding hydrogens is 274 g/mol. The van der Waals surface area contributed by atoms with Gasteiger partial charge in [0.15, 0.2) is 0 Å². The number of hydrogen-bond acceptors (Lipinski definition) is 5. The highest BCUT2D eigenvalue weighted by atomic mass is 16.6. The van der Waals surface area contributed by atoms with E-state index in [4.69, 9.17) is 10.00 Å². The van der Waals surface area contributed by atoms with Crippen molar-refractivity contribution in [1.29, 1.82) is 5.26 Å². The minimum atomic E-state index is -2.11. The predicted molar refractivity (Wildman–Crippen MR) is 73.7 cm³/mol. The quantitative estimate of drug-likeness (QED) is 0.576. The third-order valence-electron chi connectivity index (χ3n) is 2.98. The number of nitriles is 1. The lowest BCUT2D eigenvalue weighted by molar-refractivity contribution is -0.168. The minimum Gasteiger partial charge on any atom is -0.430 e. The van der Waals surface area contributed by atoms with Crippen molar-refractivity contribution < 1.29 is 19.1 Å². The maximum atomic E-state index is 12.6. The van der Waals surface area contributed by atoms with E-state index in [1.807, 2.05) is 0 Å². The third kappa shape index (κ3) is 2.75. The van der Waals surface area contributed by atoms with E-state index in [2.05, 4.69) is 5.32 Å². The SMILES string of the molecule is CC1=C(C#N)C(=O)OC1(C(=O)NC(C)(C)C)C(=O)N(C)C. The Balaban J connectivity index is 3.46. The molecule has 0 bridgehead atoms. The molecule has 7 nitrogen and oxygen atoms in total. The van der Waals surface area contributed by atoms with Crippen molar-refractivity contribution in [2.24, 2.45) is 0 Å². The molecular formula is C14H19N3O4. The molecule has 1 aliphatic rings. The fraction of sp³-hybridized carbons (Fsp3) is 0.571. The zero-order chi connectivity index (χ0) is 16.6. The van der Waals surface area contributed by atoms with E-state index in [1.165, 1.54) is 21.0 Å². The van der Waals surface area contributed by atoms with Crippen molar-refractivity contribution in [3.63, 3.8) is 0 Å². The Bertz CT molecular complexity index is 578. The van der Waals surface area contributed by atoms with Crippen LogP contribution in [0.1, 0.15) is 27.7 Å². The molecule has 1 N–H and O–H groups in total. The molecule has 0 aliphatic carbocycles. The molecule has 0 saturated heterocycles. The number of nitrogens with zero attached hydrogens (tertiary/aromatic N) is 2. The molecule has 1 heterocycles. The first kappa shape index (κ1) is 16.7. The van der Waals surface area contributed by atoms with Gasteiger partial charge in [0.25, 0.3) is 17.4 Å². The molecule has 1 unspecified atom stereocenters. The lowest BCUT2D eigenvalue weighted by Gasteiger charge is -2.32. The summed E-state index contributed by atoms with van der Waals surface area (Å²) in [6.45, 7) is 6.59. The van der Waals surface area contributed by atoms with Gasteiger partial charge >= 0.3 is 5.97 Å². The smallest absolute Gasteiger partial charge is 0.350 e. The predicted octanol–water partition coefficient (Wildman–Crippen LogP) is 0.125. The monoisotopic (exact) mass is 293 g/mol. The van der Waals surface area contributed by atoms with Crippen molar-refractivity contribution in [2.45, 2.75) is 38.8 Å². The fourth-order valence-corrected chi connectivity index (χ4v) is 1.99. The number of amides is 2. The fourth-order valence-electron chi connectivity index (χ4n) is 1.99. The van der Waals surface area contributed by atoms with Crippen molar-refractivity contribution in [1.82, 2.24) is 10.2 Å². The number of nitrogens with one attached hydrogen (secondary N) is 1. The van der Waals surface area contributed by atoms with Crippen LogP contribution in [-0.2, 0) is 19.1 Å². The van der Waals surface area contributed by atoms with Gasteiger partial charge in [0.05, 0.1) is 0 Å². The van der Waals surface area contributed by atoms with Gasteiger partial charge < -0.3 is 15.0 Å². The van der Waals surface area contributed by atoms with E-state index in [9.17, 15) is 14.4 Å². The highest BCUT2D eigenvalue weighted by molar-refractivity contribution is 6.18. The molecule has 0 radical (unpaired) electrons. The average Bonchev–Trinajstić information content (AvgIpc) is 2.58. The Morgan fingerprint density at radius 3 is 2.19 bits per heavy atom. The molecule has 1 aliphatic heterocycles. The van der Waals surface area contributed by atoms with Crippen LogP contribution in [0.2, 0.25) is 0 Å². The third-order valence-corrected chi connectivity index (χ3v) is 2.98. The summed E-state index contributed by atoms with van der Waals surface area (Å²) in [4.78, 5) is 38.0. The van der Waals surface area contributed by atoms with Crippen LogP contribution in [0.4, 0.5) is 0 Å². The summed E-state index contributed by atoms with van der Waals surface area (Å²) in [6.07, 6.45) is 0. The maximum absolute atomic E-state index is 12.6. The molecule has 114 valence electrons. The summed E-state index contributed by atoms with van der Waals surface area (Å²) in [5.41, 5.74) is -3.04. The summed E-state index contributed by atoms with van der Waals surface area (Å²) in [5.74, 6) is -2.43. The van der Waals surface area contributed by atoms with Crippen molar-refractivity contribution >= 4 is 17.8 Å². The second-order valence-corrected chi connectivity index (χ2v) is 6.09. The van der Waals surface area contributed by atoms with Gasteiger partial charge in [-0.05, 0) is 27.7 Å². The van der Waals surface area contributed by atoms with Crippen LogP contribution >= 0.6 is 0 Å². The van der Waals surface area contributed by atoms with Gasteiger partial charge in [-0.25, -0.2) is 4.79 Å². The summed E-state index contributed by atoms with van der Waals surface area (Å²) in [6, 6.07) is 1.68. The number of likely N-dealkylation sites (N-methyl/N-ethyl adjacent to an activating group) is 1. The second-order valence-electron chi connectivity index (χ2n) is 6.09. The summed E-state index contributed by atoms with van der Waals surface area (Å²) in [5, 5.41) is 11.6. The molecule has 0 fully saturated rings. The topological polar surface area (TPSA) is 99.5 Å². The Kier molecular flexibility index (Phi) is 4.14. The molecule has 0 aromatic carbocycles. The normalized spacial score (nSPS) is 21.7. The highest BCUT2D eigenvalue weighted by Crippen LogP contribution is 2.34. The van der Waals surface area contributed by atoms with Crippen LogP contribution in [-0.4, -0.2) is 47.9 Å². The van der Waals surface area contributed by atoms with Crippen molar-refractivity contribution in [3.8, 4) is 6.07 Å². The van der Waals surface area contributed by atoms with Gasteiger partial charge in [-0.15, -0.1) is 0 Å². The molecule has 0 spiro atoms. The van der Waals surface area contributed by atoms with E-state index < -0.39 is 28.9 Å². The number of esters is 1. The lowest BCUT2D eigenvalue weighted by Crippen LogP contribution is -2.61. The Morgan fingerprint density at radius 2 is 1.86 bits per heavy atom. The maximum Gasteiger partial charge on any atom is 0.350 e. The van der Waals surface area contributed by atoms with Gasteiger partial charge in [-0.1, -0.05) is 0 Å². The number of hydrogen-bond donors (Lipinski definition) is 1. The van der Waals surface area contributed by atoms with E-state index >= 15 is 0 Å². The first-order valence-electron chi connectivity index (χ1n) is 6.36. The number of rotatable bonds is 2. The van der Waals surface area contributed by atoms with E-state index in [-0.39, 0.29) is 11.1 Å². The van der Waals surface area contributed by atoms with Crippen LogP contribution in [0.15, 0.2) is 11.1 Å². The second kappa shape index (κ2) is 5.20. The van der Waals surface area contributed by atoms with Crippen LogP contribution in [0.3, 0.4) is 0 Å². The average molecular weight is 293 g/mol. The Labute approximate surface area is 123 Å². The Hall–Kier alpha value is -2.36. The number of cyclic esters (lactones) is 1. The van der Waals surface area contributed by atoms with Gasteiger partial charge in [-0.2, -0.15) is 5.26 Å². The van der Waals surface area contributed by atoms with Gasteiger partial charge in [-0.3, -0.25) is 9.59 Å². The van der Waals surface area contributed by atoms with Crippen LogP contribution in [0.5, 0.6) is 0 Å². The van der Waals surface area contributed by atoms with Crippen molar-refractivity contribution in [3.05, 3.63) is 11.1 Å². The molecule has 2 amide bonds. The van der Waals surface area contributed by atoms with Gasteiger partial charge in [0, 0.05) is 25.2 Å². The first-order valence-corrected chi connectivity index (χ1v) is 6.36. The molecule has 1 atom stereocenters. The van der Waals surface area contributed by atoms with E-state index in [0.717, 1.165) is 4.90 Å². The van der Waals surface area contributed by atoms with E-state index in [1.54, 1.807) is 26.8 Å². The standard InChI is InChI=1S/C14H19N3O4/c1-8-9(7-15)10(18)21-14(8,12(20)17(5)6)11(19)16-13(2,3)4/h1-6H3,(H,16,19). The van der Waals surface area contributed by atoms with Crippen LogP contribution < -0.4 is 5.32 Å². The molecule has 0 aromatic heterocycles. The summed E-state index contributed by atoms with van der Waals surface area (Å²) < 4.78 is 5.06. The highest BCUT2D eigenvalue weighted by Gasteiger charge is 2.58. The minimum absolute atomic E-state index is 0.00968. The van der Waals surface area contributed by atoms with Crippen molar-refractivity contribution in [2.75, 3.05) is 14.1 Å². The molecule has 0 saturated carbocycles. The lowest BCUT2D eigenvalue weighted by atomic mass is 9.89. The largest absolute Gasteiger partial charge is 0.430 e. The van der Waals surface area contributed by atoms with E-state index in [0.29, 0.717) is 0 Å². The zero-order valence-electron chi connectivity index (χ0n) is 13.0. The van der Waals surface area contributed by atoms with Gasteiger partial charge in [0.1, 0.15) is 11.6 Å². The molecule has 1 rings (SSSR count). The summed E-state index contributed by atoms with van der Waals surface area (Å²) >= 11 is 0. The molecule has 21 heavy (non-hydrogen) atoms.